The molecule has 1 saturated heterocycles. The topological polar surface area (TPSA) is 61.4 Å². The van der Waals surface area contributed by atoms with Gasteiger partial charge in [0.25, 0.3) is 5.91 Å². The number of aryl methyl sites for hydroxylation is 1. The summed E-state index contributed by atoms with van der Waals surface area (Å²) in [5.41, 5.74) is 0.831. The number of thioether (sulfide) groups is 1. The number of anilines is 1. The molecule has 7 heteroatoms. The number of rotatable bonds is 6. The van der Waals surface area contributed by atoms with Gasteiger partial charge in [-0.25, -0.2) is 0 Å². The van der Waals surface area contributed by atoms with Crippen molar-refractivity contribution >= 4 is 40.6 Å². The Morgan fingerprint density at radius 3 is 2.61 bits per heavy atom. The molecular weight excluding hydrogens is 390 g/mol. The van der Waals surface area contributed by atoms with Gasteiger partial charge in [0.05, 0.1) is 10.9 Å². The number of nitrogens with one attached hydrogen (secondary N) is 2. The number of hydrogen-bond donors (Lipinski definition) is 2. The molecule has 0 radical (unpaired) electrons. The Labute approximate surface area is 174 Å². The van der Waals surface area contributed by atoms with E-state index in [9.17, 15) is 9.59 Å². The van der Waals surface area contributed by atoms with Gasteiger partial charge in [-0.2, -0.15) is 0 Å². The second-order valence-electron chi connectivity index (χ2n) is 7.09. The normalized spacial score (nSPS) is 16.5. The minimum absolute atomic E-state index is 0.00907. The van der Waals surface area contributed by atoms with Gasteiger partial charge >= 0.3 is 0 Å². The number of amides is 2. The molecule has 1 aromatic heterocycles. The van der Waals surface area contributed by atoms with Crippen LogP contribution in [-0.4, -0.2) is 48.1 Å². The highest BCUT2D eigenvalue weighted by atomic mass is 32.2. The van der Waals surface area contributed by atoms with Crippen molar-refractivity contribution in [2.24, 2.45) is 0 Å². The summed E-state index contributed by atoms with van der Waals surface area (Å²) in [5, 5.41) is 6.15. The Bertz CT molecular complexity index is 829. The van der Waals surface area contributed by atoms with Crippen molar-refractivity contribution < 1.29 is 9.59 Å². The van der Waals surface area contributed by atoms with E-state index < -0.39 is 0 Å². The number of piperidine rings is 1. The van der Waals surface area contributed by atoms with Gasteiger partial charge in [0.15, 0.2) is 0 Å². The van der Waals surface area contributed by atoms with E-state index in [0.29, 0.717) is 0 Å². The summed E-state index contributed by atoms with van der Waals surface area (Å²) in [6.07, 6.45) is 3.73. The van der Waals surface area contributed by atoms with Crippen molar-refractivity contribution in [1.29, 1.82) is 0 Å². The predicted molar refractivity (Wildman–Crippen MR) is 117 cm³/mol. The van der Waals surface area contributed by atoms with Gasteiger partial charge in [0, 0.05) is 34.6 Å². The quantitative estimate of drug-likeness (QED) is 0.698. The lowest BCUT2D eigenvalue weighted by Crippen LogP contribution is -2.50. The molecule has 5 nitrogen and oxygen atoms in total. The highest BCUT2D eigenvalue weighted by Crippen LogP contribution is 2.21. The van der Waals surface area contributed by atoms with Crippen molar-refractivity contribution in [3.63, 3.8) is 0 Å². The van der Waals surface area contributed by atoms with E-state index >= 15 is 0 Å². The molecule has 2 N–H and O–H groups in total. The highest BCUT2D eigenvalue weighted by Gasteiger charge is 2.27. The number of likely N-dealkylation sites (tertiary alicyclic amines) is 1. The highest BCUT2D eigenvalue weighted by molar-refractivity contribution is 7.98. The molecule has 28 heavy (non-hydrogen) atoms. The summed E-state index contributed by atoms with van der Waals surface area (Å²) >= 11 is 3.18. The number of thiophene rings is 1. The Morgan fingerprint density at radius 2 is 1.96 bits per heavy atom. The molecule has 2 aromatic rings. The Balaban J connectivity index is 1.48. The summed E-state index contributed by atoms with van der Waals surface area (Å²) in [7, 11) is 0. The zero-order valence-corrected chi connectivity index (χ0v) is 18.2. The van der Waals surface area contributed by atoms with E-state index in [-0.39, 0.29) is 23.9 Å². The van der Waals surface area contributed by atoms with E-state index in [1.165, 1.54) is 11.3 Å². The fourth-order valence-corrected chi connectivity index (χ4v) is 4.59. The first-order chi connectivity index (χ1) is 13.5. The van der Waals surface area contributed by atoms with Gasteiger partial charge in [-0.1, -0.05) is 6.07 Å². The molecule has 1 aromatic carbocycles. The summed E-state index contributed by atoms with van der Waals surface area (Å²) in [6, 6.07) is 11.7. The van der Waals surface area contributed by atoms with Crippen LogP contribution in [0.15, 0.2) is 41.3 Å². The van der Waals surface area contributed by atoms with Crippen molar-refractivity contribution in [3.8, 4) is 0 Å². The minimum Gasteiger partial charge on any atom is -0.349 e. The second-order valence-corrected chi connectivity index (χ2v) is 9.26. The maximum atomic E-state index is 12.6. The van der Waals surface area contributed by atoms with Crippen LogP contribution in [0.3, 0.4) is 0 Å². The van der Waals surface area contributed by atoms with E-state index in [4.69, 9.17) is 0 Å². The third kappa shape index (κ3) is 5.37. The van der Waals surface area contributed by atoms with Crippen LogP contribution < -0.4 is 10.6 Å². The fraction of sp³-hybridized carbons (Fsp3) is 0.429. The van der Waals surface area contributed by atoms with Crippen LogP contribution in [-0.2, 0) is 4.79 Å². The lowest BCUT2D eigenvalue weighted by molar-refractivity contribution is -0.121. The molecule has 1 aliphatic rings. The van der Waals surface area contributed by atoms with Crippen molar-refractivity contribution in [2.75, 3.05) is 24.7 Å². The van der Waals surface area contributed by atoms with Gasteiger partial charge in [-0.15, -0.1) is 23.1 Å². The van der Waals surface area contributed by atoms with Crippen LogP contribution in [0.25, 0.3) is 0 Å². The van der Waals surface area contributed by atoms with Crippen LogP contribution in [0.1, 0.15) is 34.3 Å². The van der Waals surface area contributed by atoms with E-state index in [1.54, 1.807) is 11.8 Å². The van der Waals surface area contributed by atoms with Gasteiger partial charge in [-0.05, 0) is 63.3 Å². The molecule has 2 heterocycles. The summed E-state index contributed by atoms with van der Waals surface area (Å²) in [6.45, 7) is 5.55. The molecule has 1 unspecified atom stereocenters. The van der Waals surface area contributed by atoms with E-state index in [2.05, 4.69) is 15.5 Å². The smallest absolute Gasteiger partial charge is 0.261 e. The van der Waals surface area contributed by atoms with Crippen LogP contribution in [0, 0.1) is 6.92 Å². The number of nitrogens with zero attached hydrogens (tertiary/aromatic N) is 1. The second kappa shape index (κ2) is 9.58. The summed E-state index contributed by atoms with van der Waals surface area (Å²) in [4.78, 5) is 30.2. The number of benzene rings is 1. The van der Waals surface area contributed by atoms with Gasteiger partial charge in [0.1, 0.15) is 0 Å². The maximum Gasteiger partial charge on any atom is 0.261 e. The zero-order chi connectivity index (χ0) is 20.1. The third-order valence-electron chi connectivity index (χ3n) is 5.09. The first-order valence-electron chi connectivity index (χ1n) is 9.52. The Hall–Kier alpha value is -1.83. The molecule has 0 spiro atoms. The first kappa shape index (κ1) is 20.9. The predicted octanol–water partition coefficient (Wildman–Crippen LogP) is 4.00. The average Bonchev–Trinajstić information content (AvgIpc) is 3.14. The largest absolute Gasteiger partial charge is 0.349 e. The van der Waals surface area contributed by atoms with Crippen LogP contribution in [0.2, 0.25) is 0 Å². The Kier molecular flexibility index (Phi) is 7.15. The standard InChI is InChI=1S/C21H27N3O2S2/c1-14-7-8-19(28-14)21(26)22-16-9-11-24(12-10-16)15(2)20(25)23-17-5-4-6-18(13-17)27-3/h4-8,13,15-16H,9-12H2,1-3H3,(H,22,26)(H,23,25). The van der Waals surface area contributed by atoms with Crippen molar-refractivity contribution in [2.45, 2.75) is 43.7 Å². The number of hydrogen-bond acceptors (Lipinski definition) is 5. The molecule has 150 valence electrons. The zero-order valence-electron chi connectivity index (χ0n) is 16.5. The van der Waals surface area contributed by atoms with Crippen molar-refractivity contribution in [1.82, 2.24) is 10.2 Å². The molecule has 0 aliphatic carbocycles. The van der Waals surface area contributed by atoms with Crippen LogP contribution in [0.5, 0.6) is 0 Å². The van der Waals surface area contributed by atoms with Crippen LogP contribution in [0.4, 0.5) is 5.69 Å². The van der Waals surface area contributed by atoms with Gasteiger partial charge < -0.3 is 10.6 Å². The third-order valence-corrected chi connectivity index (χ3v) is 6.82. The van der Waals surface area contributed by atoms with Crippen molar-refractivity contribution in [3.05, 3.63) is 46.2 Å². The molecule has 2 amide bonds. The molecule has 0 saturated carbocycles. The lowest BCUT2D eigenvalue weighted by Gasteiger charge is -2.35. The van der Waals surface area contributed by atoms with E-state index in [0.717, 1.165) is 46.3 Å². The minimum atomic E-state index is -0.200. The maximum absolute atomic E-state index is 12.6. The number of carbonyl (C=O) groups excluding carboxylic acids is 2. The summed E-state index contributed by atoms with van der Waals surface area (Å²) in [5.74, 6) is 0.0193. The SMILES string of the molecule is CSc1cccc(NC(=O)C(C)N2CCC(NC(=O)c3ccc(C)s3)CC2)c1. The lowest BCUT2D eigenvalue weighted by atomic mass is 10.0. The Morgan fingerprint density at radius 1 is 1.21 bits per heavy atom. The van der Waals surface area contributed by atoms with Gasteiger partial charge in [0.2, 0.25) is 5.91 Å². The number of carbonyl (C=O) groups is 2. The molecule has 3 rings (SSSR count). The molecule has 1 fully saturated rings. The van der Waals surface area contributed by atoms with Gasteiger partial charge in [-0.3, -0.25) is 14.5 Å². The first-order valence-corrected chi connectivity index (χ1v) is 11.6. The molecule has 1 aliphatic heterocycles. The average molecular weight is 418 g/mol. The molecule has 0 bridgehead atoms. The summed E-state index contributed by atoms with van der Waals surface area (Å²) < 4.78 is 0. The monoisotopic (exact) mass is 417 g/mol. The molecule has 1 atom stereocenters. The molecular formula is C21H27N3O2S2. The fourth-order valence-electron chi connectivity index (χ4n) is 3.36. The van der Waals surface area contributed by atoms with Crippen LogP contribution >= 0.6 is 23.1 Å². The van der Waals surface area contributed by atoms with E-state index in [1.807, 2.05) is 56.5 Å².